The molecular weight excluding hydrogens is 271 g/mol. The van der Waals surface area contributed by atoms with Gasteiger partial charge < -0.3 is 10.5 Å². The molecule has 0 radical (unpaired) electrons. The molecule has 1 aromatic carbocycles. The summed E-state index contributed by atoms with van der Waals surface area (Å²) in [5, 5.41) is 4.45. The molecule has 0 unspecified atom stereocenters. The van der Waals surface area contributed by atoms with E-state index in [9.17, 15) is 4.39 Å². The zero-order valence-corrected chi connectivity index (χ0v) is 11.7. The second kappa shape index (κ2) is 5.05. The fourth-order valence-electron chi connectivity index (χ4n) is 1.98. The van der Waals surface area contributed by atoms with Crippen LogP contribution in [0.2, 0.25) is 0 Å². The number of benzene rings is 1. The Bertz CT molecular complexity index is 797. The van der Waals surface area contributed by atoms with Crippen LogP contribution in [0, 0.1) is 5.82 Å². The largest absolute Gasteiger partial charge is 0.435 e. The topological polar surface area (TPSA) is 65.4 Å². The van der Waals surface area contributed by atoms with Gasteiger partial charge in [0.2, 0.25) is 5.88 Å². The van der Waals surface area contributed by atoms with Gasteiger partial charge in [-0.2, -0.15) is 5.10 Å². The van der Waals surface area contributed by atoms with E-state index in [0.29, 0.717) is 17.1 Å². The fraction of sp³-hybridized carbons (Fsp3) is 0.200. The van der Waals surface area contributed by atoms with Gasteiger partial charge in [0.15, 0.2) is 5.75 Å². The predicted molar refractivity (Wildman–Crippen MR) is 78.0 cm³/mol. The molecule has 6 heteroatoms. The van der Waals surface area contributed by atoms with Gasteiger partial charge in [0.1, 0.15) is 11.3 Å². The van der Waals surface area contributed by atoms with Crippen molar-refractivity contribution in [1.29, 1.82) is 0 Å². The summed E-state index contributed by atoms with van der Waals surface area (Å²) in [5.74, 6) is 0.455. The summed E-state index contributed by atoms with van der Waals surface area (Å²) in [4.78, 5) is 4.18. The summed E-state index contributed by atoms with van der Waals surface area (Å²) in [6.07, 6.45) is 3.32. The molecule has 0 aliphatic carbocycles. The van der Waals surface area contributed by atoms with Crippen LogP contribution in [0.25, 0.3) is 5.52 Å². The second-order valence-electron chi connectivity index (χ2n) is 5.07. The molecule has 0 amide bonds. The molecule has 5 nitrogen and oxygen atoms in total. The number of hydrogen-bond donors (Lipinski definition) is 1. The van der Waals surface area contributed by atoms with Crippen LogP contribution in [0.5, 0.6) is 11.6 Å². The maximum Gasteiger partial charge on any atom is 0.245 e. The lowest BCUT2D eigenvalue weighted by molar-refractivity contribution is 0.463. The summed E-state index contributed by atoms with van der Waals surface area (Å²) in [7, 11) is 0. The number of fused-ring (bicyclic) bond motifs is 1. The van der Waals surface area contributed by atoms with Crippen LogP contribution < -0.4 is 10.5 Å². The highest BCUT2D eigenvalue weighted by Crippen LogP contribution is 2.30. The van der Waals surface area contributed by atoms with E-state index < -0.39 is 5.82 Å². The van der Waals surface area contributed by atoms with E-state index in [2.05, 4.69) is 23.9 Å². The summed E-state index contributed by atoms with van der Waals surface area (Å²) >= 11 is 0. The molecule has 3 rings (SSSR count). The number of hydrogen-bond acceptors (Lipinski definition) is 4. The zero-order chi connectivity index (χ0) is 15.0. The van der Waals surface area contributed by atoms with Crippen LogP contribution in [-0.2, 0) is 0 Å². The number of nitrogen functional groups attached to an aromatic ring is 1. The number of rotatable bonds is 3. The minimum atomic E-state index is -0.414. The van der Waals surface area contributed by atoms with Gasteiger partial charge in [0.25, 0.3) is 0 Å². The molecule has 2 heterocycles. The van der Waals surface area contributed by atoms with Crippen molar-refractivity contribution in [2.75, 3.05) is 5.73 Å². The molecule has 0 bridgehead atoms. The monoisotopic (exact) mass is 286 g/mol. The first-order chi connectivity index (χ1) is 10.0. The predicted octanol–water partition coefficient (Wildman–Crippen LogP) is 3.37. The van der Waals surface area contributed by atoms with Crippen LogP contribution in [0.3, 0.4) is 0 Å². The third-order valence-corrected chi connectivity index (χ3v) is 3.15. The van der Waals surface area contributed by atoms with Crippen LogP contribution in [-0.4, -0.2) is 14.6 Å². The van der Waals surface area contributed by atoms with Crippen LogP contribution >= 0.6 is 0 Å². The van der Waals surface area contributed by atoms with Gasteiger partial charge in [0.05, 0.1) is 11.4 Å². The average molecular weight is 286 g/mol. The lowest BCUT2D eigenvalue weighted by atomic mass is 10.1. The van der Waals surface area contributed by atoms with Gasteiger partial charge in [-0.15, -0.1) is 0 Å². The Balaban J connectivity index is 2.06. The SMILES string of the molecule is CC(C)c1cc2c(Oc3cc(F)ccc3N)nccn2n1. The molecule has 108 valence electrons. The van der Waals surface area contributed by atoms with E-state index >= 15 is 0 Å². The van der Waals surface area contributed by atoms with Crippen molar-refractivity contribution in [2.24, 2.45) is 0 Å². The first-order valence-corrected chi connectivity index (χ1v) is 6.62. The number of anilines is 1. The first kappa shape index (κ1) is 13.4. The van der Waals surface area contributed by atoms with Crippen molar-refractivity contribution in [3.05, 3.63) is 48.2 Å². The average Bonchev–Trinajstić information content (AvgIpc) is 2.88. The van der Waals surface area contributed by atoms with Crippen LogP contribution in [0.4, 0.5) is 10.1 Å². The quantitative estimate of drug-likeness (QED) is 0.750. The maximum absolute atomic E-state index is 13.3. The molecule has 2 aromatic heterocycles. The van der Waals surface area contributed by atoms with Gasteiger partial charge in [-0.25, -0.2) is 13.9 Å². The highest BCUT2D eigenvalue weighted by Gasteiger charge is 2.12. The summed E-state index contributed by atoms with van der Waals surface area (Å²) in [6, 6.07) is 5.88. The van der Waals surface area contributed by atoms with Crippen molar-refractivity contribution in [1.82, 2.24) is 14.6 Å². The Morgan fingerprint density at radius 1 is 1.29 bits per heavy atom. The molecule has 0 saturated heterocycles. The number of halogens is 1. The van der Waals surface area contributed by atoms with Gasteiger partial charge in [-0.1, -0.05) is 13.8 Å². The maximum atomic E-state index is 13.3. The smallest absolute Gasteiger partial charge is 0.245 e. The van der Waals surface area contributed by atoms with Crippen LogP contribution in [0.1, 0.15) is 25.5 Å². The van der Waals surface area contributed by atoms with Crippen molar-refractivity contribution < 1.29 is 9.13 Å². The number of nitrogens with two attached hydrogens (primary N) is 1. The lowest BCUT2D eigenvalue weighted by Gasteiger charge is -2.08. The molecule has 0 fully saturated rings. The molecule has 2 N–H and O–H groups in total. The number of aromatic nitrogens is 3. The molecule has 0 atom stereocenters. The molecular formula is C15H15FN4O. The Hall–Kier alpha value is -2.63. The zero-order valence-electron chi connectivity index (χ0n) is 11.7. The molecule has 0 aliphatic heterocycles. The highest BCUT2D eigenvalue weighted by atomic mass is 19.1. The van der Waals surface area contributed by atoms with Crippen molar-refractivity contribution in [3.63, 3.8) is 0 Å². The standard InChI is InChI=1S/C15H15FN4O/c1-9(2)12-8-13-15(18-5-6-20(13)19-12)21-14-7-10(16)3-4-11(14)17/h3-9H,17H2,1-2H3. The summed E-state index contributed by atoms with van der Waals surface area (Å²) < 4.78 is 20.6. The summed E-state index contributed by atoms with van der Waals surface area (Å²) in [5.41, 5.74) is 7.79. The van der Waals surface area contributed by atoms with E-state index in [4.69, 9.17) is 10.5 Å². The third-order valence-electron chi connectivity index (χ3n) is 3.15. The van der Waals surface area contributed by atoms with E-state index in [-0.39, 0.29) is 11.7 Å². The second-order valence-corrected chi connectivity index (χ2v) is 5.07. The molecule has 3 aromatic rings. The number of ether oxygens (including phenoxy) is 1. The Labute approximate surface area is 121 Å². The Kier molecular flexibility index (Phi) is 3.21. The lowest BCUT2D eigenvalue weighted by Crippen LogP contribution is -1.97. The molecule has 0 aliphatic rings. The minimum Gasteiger partial charge on any atom is -0.435 e. The number of nitrogens with zero attached hydrogens (tertiary/aromatic N) is 3. The van der Waals surface area contributed by atoms with Gasteiger partial charge in [-0.3, -0.25) is 0 Å². The Morgan fingerprint density at radius 2 is 2.10 bits per heavy atom. The molecule has 21 heavy (non-hydrogen) atoms. The summed E-state index contributed by atoms with van der Waals surface area (Å²) in [6.45, 7) is 4.11. The first-order valence-electron chi connectivity index (χ1n) is 6.62. The van der Waals surface area contributed by atoms with E-state index in [1.807, 2.05) is 6.07 Å². The molecule has 0 spiro atoms. The normalized spacial score (nSPS) is 11.2. The van der Waals surface area contributed by atoms with E-state index in [1.54, 1.807) is 16.9 Å². The minimum absolute atomic E-state index is 0.239. The van der Waals surface area contributed by atoms with E-state index in [0.717, 1.165) is 5.69 Å². The van der Waals surface area contributed by atoms with Crippen molar-refractivity contribution >= 4 is 11.2 Å². The van der Waals surface area contributed by atoms with Crippen molar-refractivity contribution in [3.8, 4) is 11.6 Å². The van der Waals surface area contributed by atoms with Gasteiger partial charge >= 0.3 is 0 Å². The third kappa shape index (κ3) is 2.52. The Morgan fingerprint density at radius 3 is 2.86 bits per heavy atom. The highest BCUT2D eigenvalue weighted by molar-refractivity contribution is 5.60. The van der Waals surface area contributed by atoms with Gasteiger partial charge in [0, 0.05) is 18.5 Å². The fourth-order valence-corrected chi connectivity index (χ4v) is 1.98. The molecule has 0 saturated carbocycles. The van der Waals surface area contributed by atoms with Crippen molar-refractivity contribution in [2.45, 2.75) is 19.8 Å². The van der Waals surface area contributed by atoms with Crippen LogP contribution in [0.15, 0.2) is 36.7 Å². The van der Waals surface area contributed by atoms with E-state index in [1.165, 1.54) is 18.2 Å². The van der Waals surface area contributed by atoms with Gasteiger partial charge in [-0.05, 0) is 24.1 Å².